The van der Waals surface area contributed by atoms with E-state index in [-0.39, 0.29) is 5.69 Å². The average Bonchev–Trinajstić information content (AvgIpc) is 1.99. The van der Waals surface area contributed by atoms with Gasteiger partial charge in [0.2, 0.25) is 6.41 Å². The Morgan fingerprint density at radius 3 is 2.91 bits per heavy atom. The molecule has 0 heterocycles. The fourth-order valence-electron chi connectivity index (χ4n) is 0.679. The largest absolute Gasteiger partial charge is 0.326 e. The molecule has 0 bridgehead atoms. The van der Waals surface area contributed by atoms with Gasteiger partial charge in [0.25, 0.3) is 0 Å². The Kier molecular flexibility index (Phi) is 2.59. The van der Waals surface area contributed by atoms with Gasteiger partial charge >= 0.3 is 0 Å². The van der Waals surface area contributed by atoms with Gasteiger partial charge < -0.3 is 5.32 Å². The third-order valence-electron chi connectivity index (χ3n) is 1.17. The molecular formula is C7H5BrFNO. The van der Waals surface area contributed by atoms with Crippen LogP contribution >= 0.6 is 15.9 Å². The topological polar surface area (TPSA) is 29.1 Å². The summed E-state index contributed by atoms with van der Waals surface area (Å²) in [7, 11) is 0. The molecular weight excluding hydrogens is 213 g/mol. The van der Waals surface area contributed by atoms with Gasteiger partial charge in [-0.1, -0.05) is 6.07 Å². The molecule has 2 nitrogen and oxygen atoms in total. The zero-order chi connectivity index (χ0) is 8.27. The van der Waals surface area contributed by atoms with Gasteiger partial charge in [-0.15, -0.1) is 0 Å². The molecule has 0 aliphatic rings. The van der Waals surface area contributed by atoms with Gasteiger partial charge in [-0.3, -0.25) is 4.79 Å². The van der Waals surface area contributed by atoms with Crippen molar-refractivity contribution < 1.29 is 9.18 Å². The van der Waals surface area contributed by atoms with E-state index in [1.54, 1.807) is 12.1 Å². The van der Waals surface area contributed by atoms with Crippen molar-refractivity contribution in [3.05, 3.63) is 28.5 Å². The minimum absolute atomic E-state index is 0.175. The van der Waals surface area contributed by atoms with E-state index < -0.39 is 5.82 Å². The van der Waals surface area contributed by atoms with Crippen LogP contribution < -0.4 is 5.32 Å². The van der Waals surface area contributed by atoms with Crippen LogP contribution in [0, 0.1) is 5.82 Å². The molecule has 11 heavy (non-hydrogen) atoms. The van der Waals surface area contributed by atoms with Gasteiger partial charge in [0.15, 0.2) is 5.82 Å². The van der Waals surface area contributed by atoms with E-state index in [1.165, 1.54) is 6.07 Å². The number of amides is 1. The Balaban J connectivity index is 3.05. The lowest BCUT2D eigenvalue weighted by Gasteiger charge is -2.00. The second kappa shape index (κ2) is 3.48. The molecule has 0 aliphatic heterocycles. The van der Waals surface area contributed by atoms with E-state index in [4.69, 9.17) is 0 Å². The highest BCUT2D eigenvalue weighted by molar-refractivity contribution is 9.10. The van der Waals surface area contributed by atoms with Crippen LogP contribution in [-0.2, 0) is 4.79 Å². The third-order valence-corrected chi connectivity index (χ3v) is 1.78. The number of rotatable bonds is 2. The van der Waals surface area contributed by atoms with Crippen LogP contribution in [0.5, 0.6) is 0 Å². The van der Waals surface area contributed by atoms with Crippen molar-refractivity contribution in [1.29, 1.82) is 0 Å². The number of hydrogen-bond acceptors (Lipinski definition) is 1. The quantitative estimate of drug-likeness (QED) is 0.757. The van der Waals surface area contributed by atoms with Crippen LogP contribution in [0.1, 0.15) is 0 Å². The molecule has 0 aliphatic carbocycles. The number of carbonyl (C=O) groups excluding carboxylic acids is 1. The first-order valence-electron chi connectivity index (χ1n) is 2.90. The van der Waals surface area contributed by atoms with Crippen molar-refractivity contribution in [2.24, 2.45) is 0 Å². The van der Waals surface area contributed by atoms with Crippen LogP contribution in [0.15, 0.2) is 22.7 Å². The van der Waals surface area contributed by atoms with Crippen LogP contribution in [0.2, 0.25) is 0 Å². The Morgan fingerprint density at radius 2 is 2.27 bits per heavy atom. The van der Waals surface area contributed by atoms with E-state index >= 15 is 0 Å². The fourth-order valence-corrected chi connectivity index (χ4v) is 1.04. The monoisotopic (exact) mass is 217 g/mol. The molecule has 1 aromatic rings. The highest BCUT2D eigenvalue weighted by atomic mass is 79.9. The predicted octanol–water partition coefficient (Wildman–Crippen LogP) is 2.16. The number of carbonyl (C=O) groups is 1. The lowest BCUT2D eigenvalue weighted by molar-refractivity contribution is -0.105. The maximum absolute atomic E-state index is 12.9. The number of anilines is 1. The molecule has 0 unspecified atom stereocenters. The van der Waals surface area contributed by atoms with E-state index in [0.29, 0.717) is 10.9 Å². The van der Waals surface area contributed by atoms with Gasteiger partial charge in [0, 0.05) is 0 Å². The van der Waals surface area contributed by atoms with Crippen LogP contribution in [0.25, 0.3) is 0 Å². The lowest BCUT2D eigenvalue weighted by atomic mass is 10.3. The normalized spacial score (nSPS) is 9.27. The summed E-state index contributed by atoms with van der Waals surface area (Å²) in [4.78, 5) is 9.94. The molecule has 0 saturated carbocycles. The average molecular weight is 218 g/mol. The Morgan fingerprint density at radius 1 is 1.55 bits per heavy atom. The molecule has 0 spiro atoms. The van der Waals surface area contributed by atoms with Crippen LogP contribution in [-0.4, -0.2) is 6.41 Å². The van der Waals surface area contributed by atoms with Crippen molar-refractivity contribution in [1.82, 2.24) is 0 Å². The molecule has 1 rings (SSSR count). The fraction of sp³-hybridized carbons (Fsp3) is 0. The zero-order valence-corrected chi connectivity index (χ0v) is 7.06. The smallest absolute Gasteiger partial charge is 0.211 e. The summed E-state index contributed by atoms with van der Waals surface area (Å²) in [6.07, 6.45) is 0.435. The van der Waals surface area contributed by atoms with E-state index in [1.807, 2.05) is 0 Å². The molecule has 0 atom stereocenters. The van der Waals surface area contributed by atoms with Crippen molar-refractivity contribution in [3.8, 4) is 0 Å². The molecule has 1 aromatic carbocycles. The lowest BCUT2D eigenvalue weighted by Crippen LogP contribution is -1.96. The molecule has 1 amide bonds. The SMILES string of the molecule is O=CNc1cccc(Br)c1F. The van der Waals surface area contributed by atoms with Gasteiger partial charge in [-0.05, 0) is 28.1 Å². The van der Waals surface area contributed by atoms with Gasteiger partial charge in [0.05, 0.1) is 10.2 Å². The van der Waals surface area contributed by atoms with Crippen molar-refractivity contribution in [2.45, 2.75) is 0 Å². The molecule has 58 valence electrons. The Bertz CT molecular complexity index is 277. The molecule has 0 fully saturated rings. The summed E-state index contributed by atoms with van der Waals surface area (Å²) in [5.74, 6) is -0.459. The minimum Gasteiger partial charge on any atom is -0.326 e. The summed E-state index contributed by atoms with van der Waals surface area (Å²) in [5.41, 5.74) is 0.175. The standard InChI is InChI=1S/C7H5BrFNO/c8-5-2-1-3-6(7(5)9)10-4-11/h1-4H,(H,10,11). The van der Waals surface area contributed by atoms with E-state index in [0.717, 1.165) is 0 Å². The van der Waals surface area contributed by atoms with Crippen molar-refractivity contribution in [3.63, 3.8) is 0 Å². The second-order valence-electron chi connectivity index (χ2n) is 1.86. The maximum atomic E-state index is 12.9. The molecule has 0 saturated heterocycles. The molecule has 4 heteroatoms. The van der Waals surface area contributed by atoms with Crippen molar-refractivity contribution in [2.75, 3.05) is 5.32 Å². The molecule has 0 radical (unpaired) electrons. The predicted molar refractivity (Wildman–Crippen MR) is 43.8 cm³/mol. The second-order valence-corrected chi connectivity index (χ2v) is 2.72. The highest BCUT2D eigenvalue weighted by Gasteiger charge is 2.03. The van der Waals surface area contributed by atoms with E-state index in [9.17, 15) is 9.18 Å². The maximum Gasteiger partial charge on any atom is 0.211 e. The summed E-state index contributed by atoms with van der Waals surface area (Å²) < 4.78 is 13.3. The Hall–Kier alpha value is -0.900. The summed E-state index contributed by atoms with van der Waals surface area (Å²) in [6.45, 7) is 0. The number of nitrogens with one attached hydrogen (secondary N) is 1. The first-order chi connectivity index (χ1) is 5.25. The molecule has 1 N–H and O–H groups in total. The highest BCUT2D eigenvalue weighted by Crippen LogP contribution is 2.21. The number of halogens is 2. The van der Waals surface area contributed by atoms with E-state index in [2.05, 4.69) is 21.2 Å². The number of hydrogen-bond donors (Lipinski definition) is 1. The number of benzene rings is 1. The van der Waals surface area contributed by atoms with Gasteiger partial charge in [0.1, 0.15) is 0 Å². The van der Waals surface area contributed by atoms with Crippen LogP contribution in [0.4, 0.5) is 10.1 Å². The Labute approximate surface area is 71.5 Å². The van der Waals surface area contributed by atoms with Crippen molar-refractivity contribution >= 4 is 28.0 Å². The summed E-state index contributed by atoms with van der Waals surface area (Å²) >= 11 is 2.99. The van der Waals surface area contributed by atoms with Gasteiger partial charge in [-0.25, -0.2) is 4.39 Å². The minimum atomic E-state index is -0.459. The van der Waals surface area contributed by atoms with Crippen LogP contribution in [0.3, 0.4) is 0 Å². The third kappa shape index (κ3) is 1.77. The first kappa shape index (κ1) is 8.20. The summed E-state index contributed by atoms with van der Waals surface area (Å²) in [6, 6.07) is 4.68. The zero-order valence-electron chi connectivity index (χ0n) is 5.47. The molecule has 0 aromatic heterocycles. The van der Waals surface area contributed by atoms with Gasteiger partial charge in [-0.2, -0.15) is 0 Å². The first-order valence-corrected chi connectivity index (χ1v) is 3.69. The summed E-state index contributed by atoms with van der Waals surface area (Å²) in [5, 5.41) is 2.23.